The van der Waals surface area contributed by atoms with Crippen LogP contribution in [-0.2, 0) is 17.6 Å². The van der Waals surface area contributed by atoms with E-state index in [1.807, 2.05) is 12.1 Å². The van der Waals surface area contributed by atoms with E-state index in [0.717, 1.165) is 113 Å². The Bertz CT molecular complexity index is 2180. The molecule has 3 aromatic rings. The van der Waals surface area contributed by atoms with Crippen molar-refractivity contribution in [3.05, 3.63) is 101 Å². The minimum absolute atomic E-state index is 0.0000393. The molecule has 85 heavy (non-hydrogen) atoms. The van der Waals surface area contributed by atoms with Gasteiger partial charge in [0.15, 0.2) is 0 Å². The average molecular weight is 1160 g/mol. The van der Waals surface area contributed by atoms with Crippen LogP contribution >= 0.6 is 0 Å². The van der Waals surface area contributed by atoms with Crippen LogP contribution in [-0.4, -0.2) is 5.97 Å². The summed E-state index contributed by atoms with van der Waals surface area (Å²) < 4.78 is 5.77. The van der Waals surface area contributed by atoms with Crippen LogP contribution in [0.2, 0.25) is 0 Å². The zero-order valence-electron chi connectivity index (χ0n) is 55.9. The Morgan fingerprint density at radius 3 is 0.812 bits per heavy atom. The second-order valence-electron chi connectivity index (χ2n) is 32.7. The third-order valence-corrected chi connectivity index (χ3v) is 26.3. The second-order valence-corrected chi connectivity index (χ2v) is 32.7. The number of ether oxygens (including phenoxy) is 1. The smallest absolute Gasteiger partial charge is 0.314 e. The molecule has 9 aliphatic carbocycles. The van der Waals surface area contributed by atoms with E-state index in [2.05, 4.69) is 102 Å². The van der Waals surface area contributed by atoms with E-state index < -0.39 is 0 Å². The maximum Gasteiger partial charge on any atom is 0.314 e. The summed E-state index contributed by atoms with van der Waals surface area (Å²) in [5.41, 5.74) is 7.79. The lowest BCUT2D eigenvalue weighted by molar-refractivity contribution is -0.140. The Morgan fingerprint density at radius 2 is 0.529 bits per heavy atom. The zero-order valence-corrected chi connectivity index (χ0v) is 55.9. The molecule has 9 fully saturated rings. The van der Waals surface area contributed by atoms with Crippen LogP contribution in [0.25, 0.3) is 0 Å². The number of esters is 1. The number of hydrogen-bond donors (Lipinski definition) is 0. The van der Waals surface area contributed by atoms with Gasteiger partial charge in [-0.2, -0.15) is 0 Å². The van der Waals surface area contributed by atoms with Gasteiger partial charge in [0.25, 0.3) is 0 Å². The van der Waals surface area contributed by atoms with E-state index in [9.17, 15) is 4.79 Å². The quantitative estimate of drug-likeness (QED) is 0.119. The Balaban J connectivity index is 0.000000142. The first-order valence-corrected chi connectivity index (χ1v) is 37.9. The summed E-state index contributed by atoms with van der Waals surface area (Å²) in [5, 5.41) is 0. The van der Waals surface area contributed by atoms with Crippen LogP contribution in [0.4, 0.5) is 0 Å². The highest BCUT2D eigenvalue weighted by atomic mass is 16.5. The molecule has 0 amide bonds. The van der Waals surface area contributed by atoms with E-state index in [4.69, 9.17) is 4.74 Å². The first-order chi connectivity index (χ1) is 41.4. The predicted octanol–water partition coefficient (Wildman–Crippen LogP) is 24.6. The number of rotatable bonds is 14. The van der Waals surface area contributed by atoms with Crippen molar-refractivity contribution in [1.29, 1.82) is 0 Å². The fourth-order valence-electron chi connectivity index (χ4n) is 19.4. The first-order valence-electron chi connectivity index (χ1n) is 37.9. The Kier molecular flexibility index (Phi) is 25.5. The summed E-state index contributed by atoms with van der Waals surface area (Å²) in [4.78, 5) is 12.7. The van der Waals surface area contributed by atoms with Crippen LogP contribution in [0, 0.1) is 88.8 Å². The largest absolute Gasteiger partial charge is 0.426 e. The van der Waals surface area contributed by atoms with Gasteiger partial charge in [0.2, 0.25) is 0 Å². The zero-order chi connectivity index (χ0) is 58.9. The number of carbonyl (C=O) groups excluding carboxylic acids is 1. The van der Waals surface area contributed by atoms with E-state index in [-0.39, 0.29) is 11.9 Å². The molecule has 0 atom stereocenters. The molecular formula is C83H128O2. The maximum absolute atomic E-state index is 12.7. The number of hydrogen-bond acceptors (Lipinski definition) is 2. The lowest BCUT2D eigenvalue weighted by atomic mass is 9.69. The number of benzene rings is 3. The molecule has 3 aromatic carbocycles. The van der Waals surface area contributed by atoms with Crippen molar-refractivity contribution in [2.75, 3.05) is 0 Å². The van der Waals surface area contributed by atoms with Crippen LogP contribution in [0.15, 0.2) is 72.8 Å². The predicted molar refractivity (Wildman–Crippen MR) is 362 cm³/mol. The third-order valence-electron chi connectivity index (χ3n) is 26.3. The minimum atomic E-state index is -0.0000393. The topological polar surface area (TPSA) is 26.3 Å². The van der Waals surface area contributed by atoms with Gasteiger partial charge in [-0.15, -0.1) is 0 Å². The van der Waals surface area contributed by atoms with E-state index in [0.29, 0.717) is 5.92 Å². The highest BCUT2D eigenvalue weighted by Gasteiger charge is 2.35. The summed E-state index contributed by atoms with van der Waals surface area (Å²) in [6, 6.07) is 28.0. The van der Waals surface area contributed by atoms with Crippen LogP contribution < -0.4 is 4.74 Å². The van der Waals surface area contributed by atoms with Gasteiger partial charge >= 0.3 is 5.97 Å². The molecule has 2 nitrogen and oxygen atoms in total. The normalized spacial score (nSPS) is 36.5. The third kappa shape index (κ3) is 20.1. The monoisotopic (exact) mass is 1160 g/mol. The molecule has 0 aromatic heterocycles. The SMILES string of the molecule is CC1CCC(c2ccc(CCC3CCC(C4CCC(C)CC4)CC3)cc2)CC1.CC1CCC(c2ccc(CCC3CCC(C4CCC(C)CC4)CC3)cc2)CC1.CC1CCC(c2ccc(OC(=O)C3CCC(C4CCC(C)CC4)CC3)cc2)CC1. The summed E-state index contributed by atoms with van der Waals surface area (Å²) in [7, 11) is 0. The van der Waals surface area contributed by atoms with Crippen LogP contribution in [0.1, 0.15) is 331 Å². The minimum Gasteiger partial charge on any atom is -0.426 e. The molecule has 0 heterocycles. The van der Waals surface area contributed by atoms with Gasteiger partial charge in [-0.3, -0.25) is 4.79 Å². The lowest BCUT2D eigenvalue weighted by Crippen LogP contribution is -2.29. The lowest BCUT2D eigenvalue weighted by Gasteiger charge is -2.37. The van der Waals surface area contributed by atoms with Gasteiger partial charge in [0, 0.05) is 0 Å². The van der Waals surface area contributed by atoms with E-state index in [1.165, 1.54) is 250 Å². The molecular weight excluding hydrogens is 1030 g/mol. The standard InChI is InChI=1S/2C28H44.C27H40O2/c2*1-21-3-13-25(14-4-21)27-17-9-23(10-18-27)7-8-24-11-19-28(20-12-24)26-15-5-22(2)6-16-26;1-19-3-7-21(8-4-19)23-11-13-25(14-12-23)27(28)29-26-17-15-24(16-18-26)22-9-5-20(2)6-10-22/h2*9-10,17-18,21-22,24-26,28H,3-8,11-16,19-20H2,1-2H3;15-23,25H,3-14H2,1-2H3. The summed E-state index contributed by atoms with van der Waals surface area (Å²) in [6.45, 7) is 14.5. The van der Waals surface area contributed by atoms with E-state index in [1.54, 1.807) is 22.3 Å². The van der Waals surface area contributed by atoms with Gasteiger partial charge in [0.1, 0.15) is 5.75 Å². The van der Waals surface area contributed by atoms with Crippen molar-refractivity contribution in [1.82, 2.24) is 0 Å². The van der Waals surface area contributed by atoms with Crippen molar-refractivity contribution in [2.45, 2.75) is 316 Å². The molecule has 12 rings (SSSR count). The molecule has 0 N–H and O–H groups in total. The van der Waals surface area contributed by atoms with Gasteiger partial charge in [0.05, 0.1) is 5.92 Å². The van der Waals surface area contributed by atoms with Gasteiger partial charge in [-0.05, 0) is 295 Å². The summed E-state index contributed by atoms with van der Waals surface area (Å²) >= 11 is 0. The molecule has 9 saturated carbocycles. The summed E-state index contributed by atoms with van der Waals surface area (Å²) in [5.74, 6) is 17.0. The fourth-order valence-corrected chi connectivity index (χ4v) is 19.4. The second kappa shape index (κ2) is 33.3. The molecule has 2 heteroatoms. The molecule has 0 saturated heterocycles. The Hall–Kier alpha value is -2.87. The maximum atomic E-state index is 12.7. The Labute approximate surface area is 524 Å². The van der Waals surface area contributed by atoms with Crippen molar-refractivity contribution < 1.29 is 9.53 Å². The highest BCUT2D eigenvalue weighted by Crippen LogP contribution is 2.46. The van der Waals surface area contributed by atoms with Gasteiger partial charge < -0.3 is 4.74 Å². The summed E-state index contributed by atoms with van der Waals surface area (Å²) in [6.07, 6.45) is 56.4. The van der Waals surface area contributed by atoms with Crippen molar-refractivity contribution in [3.8, 4) is 5.75 Å². The van der Waals surface area contributed by atoms with Gasteiger partial charge in [-0.25, -0.2) is 0 Å². The van der Waals surface area contributed by atoms with Crippen molar-refractivity contribution in [3.63, 3.8) is 0 Å². The molecule has 0 radical (unpaired) electrons. The molecule has 0 spiro atoms. The number of aryl methyl sites for hydroxylation is 2. The molecule has 0 aliphatic heterocycles. The molecule has 472 valence electrons. The van der Waals surface area contributed by atoms with Crippen molar-refractivity contribution in [2.24, 2.45) is 88.8 Å². The fraction of sp³-hybridized carbons (Fsp3) is 0.771. The first kappa shape index (κ1) is 65.1. The molecule has 9 aliphatic rings. The Morgan fingerprint density at radius 1 is 0.294 bits per heavy atom. The molecule has 0 bridgehead atoms. The van der Waals surface area contributed by atoms with Crippen LogP contribution in [0.3, 0.4) is 0 Å². The van der Waals surface area contributed by atoms with E-state index >= 15 is 0 Å². The highest BCUT2D eigenvalue weighted by molar-refractivity contribution is 5.75. The van der Waals surface area contributed by atoms with Crippen LogP contribution in [0.5, 0.6) is 5.75 Å². The average Bonchev–Trinajstić information content (AvgIpc) is 3.60. The molecule has 0 unspecified atom stereocenters. The number of carbonyl (C=O) groups is 1. The van der Waals surface area contributed by atoms with Gasteiger partial charge in [-0.1, -0.05) is 205 Å². The van der Waals surface area contributed by atoms with Crippen molar-refractivity contribution >= 4 is 5.97 Å².